The smallest absolute Gasteiger partial charge is 0.279 e. The van der Waals surface area contributed by atoms with Gasteiger partial charge in [0.2, 0.25) is 0 Å². The van der Waals surface area contributed by atoms with Crippen molar-refractivity contribution in [2.45, 2.75) is 44.4 Å². The van der Waals surface area contributed by atoms with Crippen molar-refractivity contribution in [3.8, 4) is 0 Å². The number of amides is 1. The van der Waals surface area contributed by atoms with E-state index >= 15 is 0 Å². The number of anilines is 1. The van der Waals surface area contributed by atoms with E-state index in [1.165, 1.54) is 0 Å². The summed E-state index contributed by atoms with van der Waals surface area (Å²) in [6.45, 7) is 4.59. The Labute approximate surface area is 145 Å². The van der Waals surface area contributed by atoms with Gasteiger partial charge in [0.05, 0.1) is 17.9 Å². The van der Waals surface area contributed by atoms with Crippen molar-refractivity contribution < 1.29 is 13.9 Å². The second kappa shape index (κ2) is 6.24. The van der Waals surface area contributed by atoms with Gasteiger partial charge >= 0.3 is 0 Å². The van der Waals surface area contributed by atoms with Crippen LogP contribution in [0, 0.1) is 5.82 Å². The number of aromatic amines is 1. The lowest BCUT2D eigenvalue weighted by Gasteiger charge is -2.23. The number of morpholine rings is 1. The Balaban J connectivity index is 1.45. The Morgan fingerprint density at radius 2 is 2.12 bits per heavy atom. The van der Waals surface area contributed by atoms with Gasteiger partial charge in [-0.25, -0.2) is 4.39 Å². The van der Waals surface area contributed by atoms with Gasteiger partial charge in [-0.15, -0.1) is 0 Å². The minimum atomic E-state index is -0.592. The Hall–Kier alpha value is -2.25. The third-order valence-electron chi connectivity index (χ3n) is 4.85. The van der Waals surface area contributed by atoms with Crippen molar-refractivity contribution in [3.05, 3.63) is 47.0 Å². The highest BCUT2D eigenvalue weighted by molar-refractivity contribution is 6.03. The molecule has 0 unspecified atom stereocenters. The molecular weight excluding hydrogens is 323 g/mol. The van der Waals surface area contributed by atoms with Crippen molar-refractivity contribution in [1.82, 2.24) is 15.5 Å². The lowest BCUT2D eigenvalue weighted by Crippen LogP contribution is -2.33. The molecule has 0 radical (unpaired) electrons. The van der Waals surface area contributed by atoms with Gasteiger partial charge in [0.1, 0.15) is 0 Å². The standard InChI is InChI=1S/C18H21FN4O2/c1-9(2)15-14(19)16(23-22-15)18(24)21-11-5-3-10(4-6-11)17-13-7-12(25-17)8-20-13/h3-6,9,12-13,17,20H,7-8H2,1-2H3,(H,21,24)(H,22,23)/t12-,13-,17+/m1/s1. The first-order valence-electron chi connectivity index (χ1n) is 8.57. The van der Waals surface area contributed by atoms with Gasteiger partial charge in [0, 0.05) is 18.3 Å². The molecule has 4 rings (SSSR count). The van der Waals surface area contributed by atoms with Crippen LogP contribution < -0.4 is 10.6 Å². The largest absolute Gasteiger partial charge is 0.367 e. The van der Waals surface area contributed by atoms with Crippen LogP contribution in [0.15, 0.2) is 24.3 Å². The van der Waals surface area contributed by atoms with E-state index in [0.717, 1.165) is 18.5 Å². The summed E-state index contributed by atoms with van der Waals surface area (Å²) in [5.41, 5.74) is 1.79. The fourth-order valence-electron chi connectivity index (χ4n) is 3.50. The highest BCUT2D eigenvalue weighted by Crippen LogP contribution is 2.37. The average Bonchev–Trinajstić information content (AvgIpc) is 3.30. The molecule has 1 aromatic carbocycles. The molecule has 0 spiro atoms. The molecule has 7 heteroatoms. The van der Waals surface area contributed by atoms with Gasteiger partial charge < -0.3 is 15.4 Å². The van der Waals surface area contributed by atoms with Crippen LogP contribution in [0.4, 0.5) is 10.1 Å². The molecule has 25 heavy (non-hydrogen) atoms. The topological polar surface area (TPSA) is 79.0 Å². The zero-order valence-corrected chi connectivity index (χ0v) is 14.2. The number of benzene rings is 1. The van der Waals surface area contributed by atoms with E-state index in [1.807, 2.05) is 26.0 Å². The highest BCUT2D eigenvalue weighted by atomic mass is 19.1. The lowest BCUT2D eigenvalue weighted by molar-refractivity contribution is 0.0160. The summed E-state index contributed by atoms with van der Waals surface area (Å²) in [6.07, 6.45) is 1.40. The van der Waals surface area contributed by atoms with Crippen LogP contribution in [0.3, 0.4) is 0 Å². The van der Waals surface area contributed by atoms with E-state index in [-0.39, 0.29) is 17.7 Å². The van der Waals surface area contributed by atoms with Crippen molar-refractivity contribution >= 4 is 11.6 Å². The van der Waals surface area contributed by atoms with E-state index in [9.17, 15) is 9.18 Å². The third kappa shape index (κ3) is 2.94. The van der Waals surface area contributed by atoms with Crippen LogP contribution in [0.1, 0.15) is 54.0 Å². The summed E-state index contributed by atoms with van der Waals surface area (Å²) in [4.78, 5) is 12.2. The number of hydrogen-bond donors (Lipinski definition) is 3. The summed E-state index contributed by atoms with van der Waals surface area (Å²) in [6, 6.07) is 7.83. The van der Waals surface area contributed by atoms with E-state index in [0.29, 0.717) is 23.5 Å². The quantitative estimate of drug-likeness (QED) is 0.797. The summed E-state index contributed by atoms with van der Waals surface area (Å²) < 4.78 is 20.2. The van der Waals surface area contributed by atoms with Crippen LogP contribution in [0.5, 0.6) is 0 Å². The van der Waals surface area contributed by atoms with Gasteiger partial charge in [-0.3, -0.25) is 9.89 Å². The van der Waals surface area contributed by atoms with Gasteiger partial charge in [-0.2, -0.15) is 5.10 Å². The molecule has 3 heterocycles. The molecule has 2 aliphatic heterocycles. The fraction of sp³-hybridized carbons (Fsp3) is 0.444. The number of halogens is 1. The summed E-state index contributed by atoms with van der Waals surface area (Å²) in [7, 11) is 0. The Kier molecular flexibility index (Phi) is 4.05. The SMILES string of the molecule is CC(C)c1[nH]nc(C(=O)Nc2ccc([C@@H]3O[C@H]4CN[C@@H]3C4)cc2)c1F. The third-order valence-corrected chi connectivity index (χ3v) is 4.85. The van der Waals surface area contributed by atoms with Gasteiger partial charge in [-0.05, 0) is 30.0 Å². The van der Waals surface area contributed by atoms with E-state index in [1.54, 1.807) is 12.1 Å². The number of nitrogens with one attached hydrogen (secondary N) is 3. The number of H-pyrrole nitrogens is 1. The molecule has 3 atom stereocenters. The van der Waals surface area contributed by atoms with Gasteiger partial charge in [-0.1, -0.05) is 26.0 Å². The molecule has 3 N–H and O–H groups in total. The summed E-state index contributed by atoms with van der Waals surface area (Å²) >= 11 is 0. The molecule has 6 nitrogen and oxygen atoms in total. The van der Waals surface area contributed by atoms with E-state index in [2.05, 4.69) is 20.8 Å². The second-order valence-electron chi connectivity index (χ2n) is 6.96. The zero-order chi connectivity index (χ0) is 17.6. The number of carbonyl (C=O) groups is 1. The lowest BCUT2D eigenvalue weighted by atomic mass is 10.0. The maximum absolute atomic E-state index is 14.2. The Morgan fingerprint density at radius 3 is 2.68 bits per heavy atom. The molecule has 2 saturated heterocycles. The fourth-order valence-corrected chi connectivity index (χ4v) is 3.50. The Bertz CT molecular complexity index is 787. The van der Waals surface area contributed by atoms with Gasteiger partial charge in [0.15, 0.2) is 11.5 Å². The van der Waals surface area contributed by atoms with Crippen LogP contribution >= 0.6 is 0 Å². The van der Waals surface area contributed by atoms with Crippen LogP contribution in [0.25, 0.3) is 0 Å². The molecular formula is C18H21FN4O2. The van der Waals surface area contributed by atoms with Crippen molar-refractivity contribution in [3.63, 3.8) is 0 Å². The van der Waals surface area contributed by atoms with Crippen molar-refractivity contribution in [2.75, 3.05) is 11.9 Å². The molecule has 1 aromatic heterocycles. The Morgan fingerprint density at radius 1 is 1.36 bits per heavy atom. The molecule has 2 aliphatic rings. The highest BCUT2D eigenvalue weighted by Gasteiger charge is 2.41. The predicted octanol–water partition coefficient (Wildman–Crippen LogP) is 2.73. The van der Waals surface area contributed by atoms with Crippen LogP contribution in [-0.2, 0) is 4.74 Å². The maximum atomic E-state index is 14.2. The monoisotopic (exact) mass is 344 g/mol. The van der Waals surface area contributed by atoms with Crippen LogP contribution in [-0.4, -0.2) is 34.8 Å². The van der Waals surface area contributed by atoms with E-state index in [4.69, 9.17) is 4.74 Å². The van der Waals surface area contributed by atoms with Crippen molar-refractivity contribution in [2.24, 2.45) is 0 Å². The first-order chi connectivity index (χ1) is 12.0. The second-order valence-corrected chi connectivity index (χ2v) is 6.96. The maximum Gasteiger partial charge on any atom is 0.279 e. The molecule has 0 aliphatic carbocycles. The predicted molar refractivity (Wildman–Crippen MR) is 91.1 cm³/mol. The number of hydrogen-bond acceptors (Lipinski definition) is 4. The number of ether oxygens (including phenoxy) is 1. The normalized spacial score (nSPS) is 24.9. The number of rotatable bonds is 4. The molecule has 2 fully saturated rings. The number of carbonyl (C=O) groups excluding carboxylic acids is 1. The number of aromatic nitrogens is 2. The molecule has 1 amide bonds. The van der Waals surface area contributed by atoms with Gasteiger partial charge in [0.25, 0.3) is 5.91 Å². The summed E-state index contributed by atoms with van der Waals surface area (Å²) in [5.74, 6) is -1.22. The molecule has 0 saturated carbocycles. The number of nitrogens with zero attached hydrogens (tertiary/aromatic N) is 1. The number of fused-ring (bicyclic) bond motifs is 2. The first-order valence-corrected chi connectivity index (χ1v) is 8.57. The van der Waals surface area contributed by atoms with Crippen molar-refractivity contribution in [1.29, 1.82) is 0 Å². The molecule has 132 valence electrons. The zero-order valence-electron chi connectivity index (χ0n) is 14.2. The van der Waals surface area contributed by atoms with Crippen LogP contribution in [0.2, 0.25) is 0 Å². The minimum absolute atomic E-state index is 0.0564. The summed E-state index contributed by atoms with van der Waals surface area (Å²) in [5, 5.41) is 12.5. The first kappa shape index (κ1) is 16.2. The molecule has 2 bridgehead atoms. The minimum Gasteiger partial charge on any atom is -0.367 e. The molecule has 2 aromatic rings. The van der Waals surface area contributed by atoms with E-state index < -0.39 is 11.7 Å². The average molecular weight is 344 g/mol.